The first-order valence-electron chi connectivity index (χ1n) is 6.19. The van der Waals surface area contributed by atoms with Crippen LogP contribution in [0, 0.1) is 5.92 Å². The van der Waals surface area contributed by atoms with Gasteiger partial charge in [0.1, 0.15) is 0 Å². The second-order valence-corrected chi connectivity index (χ2v) is 4.83. The highest BCUT2D eigenvalue weighted by molar-refractivity contribution is 4.62. The molecule has 0 aliphatic heterocycles. The van der Waals surface area contributed by atoms with Crippen LogP contribution in [0.15, 0.2) is 0 Å². The molecule has 0 fully saturated rings. The van der Waals surface area contributed by atoms with E-state index in [9.17, 15) is 13.2 Å². The van der Waals surface area contributed by atoms with Gasteiger partial charge < -0.3 is 10.1 Å². The van der Waals surface area contributed by atoms with E-state index in [2.05, 4.69) is 19.2 Å². The summed E-state index contributed by atoms with van der Waals surface area (Å²) in [5.74, 6) is 0.513. The molecule has 0 aliphatic rings. The Hall–Kier alpha value is -0.290. The zero-order chi connectivity index (χ0) is 13.3. The monoisotopic (exact) mass is 255 g/mol. The van der Waals surface area contributed by atoms with E-state index in [1.807, 2.05) is 6.92 Å². The highest BCUT2D eigenvalue weighted by Crippen LogP contribution is 2.22. The maximum Gasteiger partial charge on any atom is 0.389 e. The molecule has 0 spiro atoms. The molecular formula is C12H24F3NO. The fourth-order valence-corrected chi connectivity index (χ4v) is 1.41. The van der Waals surface area contributed by atoms with E-state index in [-0.39, 0.29) is 12.5 Å². The SMILES string of the molecule is CC(C)COCCNC(C)CCCC(F)(F)F. The standard InChI is InChI=1S/C12H24F3NO/c1-10(2)9-17-8-7-16-11(3)5-4-6-12(13,14)15/h10-11,16H,4-9H2,1-3H3. The number of hydrogen-bond acceptors (Lipinski definition) is 2. The molecule has 0 radical (unpaired) electrons. The average molecular weight is 255 g/mol. The summed E-state index contributed by atoms with van der Waals surface area (Å²) >= 11 is 0. The van der Waals surface area contributed by atoms with E-state index in [4.69, 9.17) is 4.74 Å². The van der Waals surface area contributed by atoms with Gasteiger partial charge >= 0.3 is 6.18 Å². The third kappa shape index (κ3) is 13.6. The van der Waals surface area contributed by atoms with Crippen molar-refractivity contribution in [3.8, 4) is 0 Å². The molecule has 1 unspecified atom stereocenters. The molecule has 17 heavy (non-hydrogen) atoms. The Morgan fingerprint density at radius 1 is 1.18 bits per heavy atom. The Balaban J connectivity index is 3.32. The van der Waals surface area contributed by atoms with Crippen molar-refractivity contribution in [2.75, 3.05) is 19.8 Å². The molecule has 0 saturated heterocycles. The van der Waals surface area contributed by atoms with Gasteiger partial charge in [-0.3, -0.25) is 0 Å². The van der Waals surface area contributed by atoms with Crippen molar-refractivity contribution < 1.29 is 17.9 Å². The topological polar surface area (TPSA) is 21.3 Å². The van der Waals surface area contributed by atoms with E-state index in [0.29, 0.717) is 25.5 Å². The lowest BCUT2D eigenvalue weighted by Gasteiger charge is -2.14. The molecule has 0 aromatic rings. The summed E-state index contributed by atoms with van der Waals surface area (Å²) in [5.41, 5.74) is 0. The molecule has 0 saturated carbocycles. The van der Waals surface area contributed by atoms with Crippen LogP contribution in [-0.4, -0.2) is 32.0 Å². The van der Waals surface area contributed by atoms with Gasteiger partial charge in [0.2, 0.25) is 0 Å². The lowest BCUT2D eigenvalue weighted by Crippen LogP contribution is -2.30. The molecular weight excluding hydrogens is 231 g/mol. The zero-order valence-electron chi connectivity index (χ0n) is 10.9. The molecule has 2 nitrogen and oxygen atoms in total. The van der Waals surface area contributed by atoms with Gasteiger partial charge in [-0.15, -0.1) is 0 Å². The molecule has 0 amide bonds. The van der Waals surface area contributed by atoms with Gasteiger partial charge in [-0.05, 0) is 25.7 Å². The minimum absolute atomic E-state index is 0.111. The van der Waals surface area contributed by atoms with E-state index in [0.717, 1.165) is 6.61 Å². The molecule has 0 aromatic heterocycles. The van der Waals surface area contributed by atoms with Gasteiger partial charge in [0, 0.05) is 25.6 Å². The molecule has 0 bridgehead atoms. The molecule has 104 valence electrons. The maximum absolute atomic E-state index is 11.9. The third-order valence-electron chi connectivity index (χ3n) is 2.29. The van der Waals surface area contributed by atoms with E-state index in [1.54, 1.807) is 0 Å². The van der Waals surface area contributed by atoms with Gasteiger partial charge in [0.15, 0.2) is 0 Å². The van der Waals surface area contributed by atoms with Crippen LogP contribution in [0.4, 0.5) is 13.2 Å². The van der Waals surface area contributed by atoms with Crippen LogP contribution in [0.2, 0.25) is 0 Å². The van der Waals surface area contributed by atoms with E-state index in [1.165, 1.54) is 0 Å². The number of hydrogen-bond donors (Lipinski definition) is 1. The van der Waals surface area contributed by atoms with Crippen LogP contribution >= 0.6 is 0 Å². The quantitative estimate of drug-likeness (QED) is 0.638. The number of alkyl halides is 3. The summed E-state index contributed by atoms with van der Waals surface area (Å²) in [7, 11) is 0. The molecule has 0 heterocycles. The summed E-state index contributed by atoms with van der Waals surface area (Å²) in [6.07, 6.45) is -3.99. The first-order chi connectivity index (χ1) is 7.81. The van der Waals surface area contributed by atoms with Crippen molar-refractivity contribution in [2.24, 2.45) is 5.92 Å². The van der Waals surface area contributed by atoms with Crippen LogP contribution in [0.3, 0.4) is 0 Å². The van der Waals surface area contributed by atoms with E-state index >= 15 is 0 Å². The normalized spacial score (nSPS) is 14.3. The lowest BCUT2D eigenvalue weighted by molar-refractivity contribution is -0.135. The van der Waals surface area contributed by atoms with Crippen LogP contribution < -0.4 is 5.32 Å². The fraction of sp³-hybridized carbons (Fsp3) is 1.00. The first-order valence-corrected chi connectivity index (χ1v) is 6.19. The smallest absolute Gasteiger partial charge is 0.380 e. The van der Waals surface area contributed by atoms with Crippen molar-refractivity contribution in [1.29, 1.82) is 0 Å². The Kier molecular flexibility index (Phi) is 8.60. The van der Waals surface area contributed by atoms with Crippen molar-refractivity contribution in [3.05, 3.63) is 0 Å². The maximum atomic E-state index is 11.9. The Labute approximate surface area is 102 Å². The summed E-state index contributed by atoms with van der Waals surface area (Å²) in [4.78, 5) is 0. The molecule has 1 atom stereocenters. The Morgan fingerprint density at radius 3 is 2.35 bits per heavy atom. The lowest BCUT2D eigenvalue weighted by atomic mass is 10.1. The van der Waals surface area contributed by atoms with Gasteiger partial charge in [-0.25, -0.2) is 0 Å². The highest BCUT2D eigenvalue weighted by atomic mass is 19.4. The molecule has 5 heteroatoms. The molecule has 0 rings (SSSR count). The molecule has 1 N–H and O–H groups in total. The van der Waals surface area contributed by atoms with Gasteiger partial charge in [-0.2, -0.15) is 13.2 Å². The Morgan fingerprint density at radius 2 is 1.82 bits per heavy atom. The van der Waals surface area contributed by atoms with Crippen LogP contribution in [0.25, 0.3) is 0 Å². The summed E-state index contributed by atoms with van der Waals surface area (Å²) in [5, 5.41) is 3.15. The first kappa shape index (κ1) is 16.7. The molecule has 0 aromatic carbocycles. The zero-order valence-corrected chi connectivity index (χ0v) is 10.9. The van der Waals surface area contributed by atoms with Crippen LogP contribution in [-0.2, 0) is 4.74 Å². The fourth-order valence-electron chi connectivity index (χ4n) is 1.41. The second kappa shape index (κ2) is 8.75. The second-order valence-electron chi connectivity index (χ2n) is 4.83. The van der Waals surface area contributed by atoms with Crippen molar-refractivity contribution in [1.82, 2.24) is 5.32 Å². The minimum Gasteiger partial charge on any atom is -0.380 e. The number of ether oxygens (including phenoxy) is 1. The molecule has 0 aliphatic carbocycles. The largest absolute Gasteiger partial charge is 0.389 e. The van der Waals surface area contributed by atoms with Crippen LogP contribution in [0.5, 0.6) is 0 Å². The predicted octanol–water partition coefficient (Wildman–Crippen LogP) is 3.37. The van der Waals surface area contributed by atoms with Crippen molar-refractivity contribution in [2.45, 2.75) is 52.3 Å². The van der Waals surface area contributed by atoms with E-state index < -0.39 is 12.6 Å². The Bertz CT molecular complexity index is 183. The minimum atomic E-state index is -4.03. The van der Waals surface area contributed by atoms with Crippen molar-refractivity contribution in [3.63, 3.8) is 0 Å². The number of nitrogens with one attached hydrogen (secondary N) is 1. The third-order valence-corrected chi connectivity index (χ3v) is 2.29. The highest BCUT2D eigenvalue weighted by Gasteiger charge is 2.26. The average Bonchev–Trinajstić information content (AvgIpc) is 2.14. The van der Waals surface area contributed by atoms with Crippen LogP contribution in [0.1, 0.15) is 40.0 Å². The summed E-state index contributed by atoms with van der Waals surface area (Å²) < 4.78 is 41.0. The van der Waals surface area contributed by atoms with Crippen molar-refractivity contribution >= 4 is 0 Å². The number of rotatable bonds is 9. The summed E-state index contributed by atoms with van der Waals surface area (Å²) in [6.45, 7) is 8.09. The predicted molar refractivity (Wildman–Crippen MR) is 63.0 cm³/mol. The van der Waals surface area contributed by atoms with Gasteiger partial charge in [-0.1, -0.05) is 13.8 Å². The van der Waals surface area contributed by atoms with Gasteiger partial charge in [0.25, 0.3) is 0 Å². The number of halogens is 3. The van der Waals surface area contributed by atoms with Gasteiger partial charge in [0.05, 0.1) is 6.61 Å². The summed E-state index contributed by atoms with van der Waals surface area (Å²) in [6, 6.07) is 0.111.